The van der Waals surface area contributed by atoms with Crippen LogP contribution < -0.4 is 10.0 Å². The standard InChI is InChI=1S/C19H21N3O4S2/c1-3-4-5-13-6-8-14(9-7-13)15-12-27-19(21-15)22-18(23)16-10-11-17(26-16)28(24,25)20-2/h6-12,20H,3-5H2,1-2H3,(H,21,22,23). The molecule has 0 radical (unpaired) electrons. The number of thiazole rings is 1. The Balaban J connectivity index is 1.68. The number of furan rings is 1. The van der Waals surface area contributed by atoms with Crippen molar-refractivity contribution in [1.82, 2.24) is 9.71 Å². The number of aryl methyl sites for hydroxylation is 1. The van der Waals surface area contributed by atoms with Gasteiger partial charge in [-0.2, -0.15) is 0 Å². The topological polar surface area (TPSA) is 101 Å². The molecule has 28 heavy (non-hydrogen) atoms. The summed E-state index contributed by atoms with van der Waals surface area (Å²) in [6.07, 6.45) is 3.38. The molecule has 9 heteroatoms. The van der Waals surface area contributed by atoms with E-state index in [2.05, 4.69) is 34.1 Å². The van der Waals surface area contributed by atoms with Crippen molar-refractivity contribution in [3.8, 4) is 11.3 Å². The van der Waals surface area contributed by atoms with E-state index in [1.54, 1.807) is 0 Å². The second-order valence-electron chi connectivity index (χ2n) is 6.12. The molecule has 7 nitrogen and oxygen atoms in total. The SMILES string of the molecule is CCCCc1ccc(-c2csc(NC(=O)c3ccc(S(=O)(=O)NC)o3)n2)cc1. The number of aromatic nitrogens is 1. The van der Waals surface area contributed by atoms with Crippen molar-refractivity contribution in [3.05, 3.63) is 53.1 Å². The third kappa shape index (κ3) is 4.67. The highest BCUT2D eigenvalue weighted by atomic mass is 32.2. The molecule has 0 aliphatic heterocycles. The molecule has 2 N–H and O–H groups in total. The largest absolute Gasteiger partial charge is 0.438 e. The lowest BCUT2D eigenvalue weighted by Gasteiger charge is -2.02. The van der Waals surface area contributed by atoms with Crippen LogP contribution in [0.3, 0.4) is 0 Å². The van der Waals surface area contributed by atoms with Crippen LogP contribution in [0.4, 0.5) is 5.13 Å². The summed E-state index contributed by atoms with van der Waals surface area (Å²) in [5, 5.41) is 4.58. The average Bonchev–Trinajstić information content (AvgIpc) is 3.37. The Hall–Kier alpha value is -2.49. The molecular formula is C19H21N3O4S2. The van der Waals surface area contributed by atoms with Crippen molar-refractivity contribution in [2.75, 3.05) is 12.4 Å². The third-order valence-corrected chi connectivity index (χ3v) is 6.18. The van der Waals surface area contributed by atoms with Crippen molar-refractivity contribution in [3.63, 3.8) is 0 Å². The Kier molecular flexibility index (Phi) is 6.28. The number of hydrogen-bond donors (Lipinski definition) is 2. The van der Waals surface area contributed by atoms with Crippen LogP contribution in [0.25, 0.3) is 11.3 Å². The van der Waals surface area contributed by atoms with Crippen molar-refractivity contribution < 1.29 is 17.6 Å². The molecule has 148 valence electrons. The highest BCUT2D eigenvalue weighted by Gasteiger charge is 2.20. The molecule has 3 rings (SSSR count). The van der Waals surface area contributed by atoms with Crippen LogP contribution in [-0.2, 0) is 16.4 Å². The predicted molar refractivity (Wildman–Crippen MR) is 109 cm³/mol. The first-order chi connectivity index (χ1) is 13.4. The molecule has 0 unspecified atom stereocenters. The van der Waals surface area contributed by atoms with E-state index < -0.39 is 15.9 Å². The quantitative estimate of drug-likeness (QED) is 0.576. The van der Waals surface area contributed by atoms with Crippen LogP contribution in [0.2, 0.25) is 0 Å². The van der Waals surface area contributed by atoms with E-state index >= 15 is 0 Å². The fourth-order valence-electron chi connectivity index (χ4n) is 2.53. The maximum Gasteiger partial charge on any atom is 0.293 e. The summed E-state index contributed by atoms with van der Waals surface area (Å²) in [5.74, 6) is -0.667. The number of nitrogens with one attached hydrogen (secondary N) is 2. The van der Waals surface area contributed by atoms with Gasteiger partial charge in [-0.3, -0.25) is 10.1 Å². The number of rotatable bonds is 8. The monoisotopic (exact) mass is 419 g/mol. The molecule has 0 fully saturated rings. The summed E-state index contributed by atoms with van der Waals surface area (Å²) < 4.78 is 30.6. The number of benzene rings is 1. The van der Waals surface area contributed by atoms with Crippen molar-refractivity contribution in [2.24, 2.45) is 0 Å². The van der Waals surface area contributed by atoms with Crippen molar-refractivity contribution in [1.29, 1.82) is 0 Å². The number of carbonyl (C=O) groups excluding carboxylic acids is 1. The van der Waals surface area contributed by atoms with Crippen LogP contribution in [0.5, 0.6) is 0 Å². The number of hydrogen-bond acceptors (Lipinski definition) is 6. The van der Waals surface area contributed by atoms with E-state index in [9.17, 15) is 13.2 Å². The first-order valence-electron chi connectivity index (χ1n) is 8.82. The van der Waals surface area contributed by atoms with Crippen molar-refractivity contribution >= 4 is 32.4 Å². The second-order valence-corrected chi connectivity index (χ2v) is 8.79. The molecular weight excluding hydrogens is 398 g/mol. The molecule has 0 saturated heterocycles. The zero-order valence-corrected chi connectivity index (χ0v) is 17.2. The molecule has 0 saturated carbocycles. The number of carbonyl (C=O) groups is 1. The minimum absolute atomic E-state index is 0.106. The third-order valence-electron chi connectivity index (χ3n) is 4.13. The van der Waals surface area contributed by atoms with Gasteiger partial charge in [0.05, 0.1) is 5.69 Å². The van der Waals surface area contributed by atoms with Crippen molar-refractivity contribution in [2.45, 2.75) is 31.3 Å². The molecule has 0 bridgehead atoms. The van der Waals surface area contributed by atoms with Gasteiger partial charge in [0.15, 0.2) is 10.9 Å². The molecule has 1 amide bonds. The second kappa shape index (κ2) is 8.68. The van der Waals surface area contributed by atoms with E-state index in [4.69, 9.17) is 4.42 Å². The Morgan fingerprint density at radius 3 is 2.61 bits per heavy atom. The maximum absolute atomic E-state index is 12.3. The molecule has 0 aliphatic rings. The predicted octanol–water partition coefficient (Wildman–Crippen LogP) is 3.91. The van der Waals surface area contributed by atoms with Crippen LogP contribution in [-0.4, -0.2) is 26.4 Å². The molecule has 0 aliphatic carbocycles. The van der Waals surface area contributed by atoms with E-state index in [0.717, 1.165) is 30.5 Å². The number of anilines is 1. The number of unbranched alkanes of at least 4 members (excludes halogenated alkanes) is 1. The van der Waals surface area contributed by atoms with E-state index in [1.807, 2.05) is 17.5 Å². The first kappa shape index (κ1) is 20.2. The van der Waals surface area contributed by atoms with Gasteiger partial charge in [-0.05, 0) is 37.6 Å². The lowest BCUT2D eigenvalue weighted by molar-refractivity contribution is 0.0991. The van der Waals surface area contributed by atoms with Crippen LogP contribution in [0.15, 0.2) is 51.3 Å². The van der Waals surface area contributed by atoms with Crippen LogP contribution >= 0.6 is 11.3 Å². The molecule has 2 aromatic heterocycles. The maximum atomic E-state index is 12.3. The normalized spacial score (nSPS) is 11.5. The zero-order chi connectivity index (χ0) is 20.1. The Bertz CT molecular complexity index is 1050. The summed E-state index contributed by atoms with van der Waals surface area (Å²) in [4.78, 5) is 16.7. The number of nitrogens with zero attached hydrogens (tertiary/aromatic N) is 1. The zero-order valence-electron chi connectivity index (χ0n) is 15.6. The Morgan fingerprint density at radius 1 is 1.18 bits per heavy atom. The summed E-state index contributed by atoms with van der Waals surface area (Å²) in [6.45, 7) is 2.17. The Labute approximate surface area is 167 Å². The molecule has 1 aromatic carbocycles. The summed E-state index contributed by atoms with van der Waals surface area (Å²) in [7, 11) is -2.47. The Morgan fingerprint density at radius 2 is 1.93 bits per heavy atom. The van der Waals surface area contributed by atoms with Gasteiger partial charge in [0, 0.05) is 10.9 Å². The van der Waals surface area contributed by atoms with Crippen LogP contribution in [0.1, 0.15) is 35.9 Å². The number of sulfonamides is 1. The fraction of sp³-hybridized carbons (Fsp3) is 0.263. The summed E-state index contributed by atoms with van der Waals surface area (Å²) in [6, 6.07) is 10.8. The van der Waals surface area contributed by atoms with Crippen LogP contribution in [0, 0.1) is 0 Å². The van der Waals surface area contributed by atoms with Gasteiger partial charge in [0.25, 0.3) is 15.9 Å². The summed E-state index contributed by atoms with van der Waals surface area (Å²) >= 11 is 1.29. The van der Waals surface area contributed by atoms with Gasteiger partial charge < -0.3 is 4.42 Å². The van der Waals surface area contributed by atoms with Gasteiger partial charge in [0.1, 0.15) is 0 Å². The molecule has 2 heterocycles. The molecule has 0 atom stereocenters. The van der Waals surface area contributed by atoms with Gasteiger partial charge in [0.2, 0.25) is 5.09 Å². The first-order valence-corrected chi connectivity index (χ1v) is 11.2. The lowest BCUT2D eigenvalue weighted by atomic mass is 10.1. The van der Waals surface area contributed by atoms with Gasteiger partial charge >= 0.3 is 0 Å². The van der Waals surface area contributed by atoms with E-state index in [0.29, 0.717) is 5.13 Å². The number of amides is 1. The molecule has 0 spiro atoms. The fourth-order valence-corrected chi connectivity index (χ4v) is 3.90. The lowest BCUT2D eigenvalue weighted by Crippen LogP contribution is -2.18. The van der Waals surface area contributed by atoms with E-state index in [-0.39, 0.29) is 10.9 Å². The molecule has 3 aromatic rings. The highest BCUT2D eigenvalue weighted by molar-refractivity contribution is 7.89. The minimum atomic E-state index is -3.73. The van der Waals surface area contributed by atoms with E-state index in [1.165, 1.54) is 36.1 Å². The highest BCUT2D eigenvalue weighted by Crippen LogP contribution is 2.26. The minimum Gasteiger partial charge on any atom is -0.438 e. The average molecular weight is 420 g/mol. The van der Waals surface area contributed by atoms with Gasteiger partial charge in [-0.1, -0.05) is 37.6 Å². The van der Waals surface area contributed by atoms with Gasteiger partial charge in [-0.25, -0.2) is 18.1 Å². The summed E-state index contributed by atoms with van der Waals surface area (Å²) in [5.41, 5.74) is 3.03. The van der Waals surface area contributed by atoms with Gasteiger partial charge in [-0.15, -0.1) is 11.3 Å². The smallest absolute Gasteiger partial charge is 0.293 e.